The molecule has 5 nitrogen and oxygen atoms in total. The maximum Gasteiger partial charge on any atom is 0.334 e. The molecule has 2 aromatic rings. The van der Waals surface area contributed by atoms with Crippen LogP contribution in [0.3, 0.4) is 0 Å². The topological polar surface area (TPSA) is 54.0 Å². The Bertz CT molecular complexity index is 867. The van der Waals surface area contributed by atoms with E-state index in [2.05, 4.69) is 0 Å². The fourth-order valence-electron chi connectivity index (χ4n) is 3.13. The molecule has 0 bridgehead atoms. The molecule has 0 spiro atoms. The molecule has 26 heavy (non-hydrogen) atoms. The van der Waals surface area contributed by atoms with Crippen molar-refractivity contribution >= 4 is 12.0 Å². The van der Waals surface area contributed by atoms with Gasteiger partial charge in [-0.2, -0.15) is 0 Å². The van der Waals surface area contributed by atoms with Gasteiger partial charge in [-0.25, -0.2) is 4.79 Å². The number of esters is 1. The van der Waals surface area contributed by atoms with Gasteiger partial charge in [0.25, 0.3) is 0 Å². The van der Waals surface area contributed by atoms with Crippen molar-refractivity contribution in [3.8, 4) is 28.4 Å². The van der Waals surface area contributed by atoms with E-state index in [9.17, 15) is 4.79 Å². The molecule has 0 N–H and O–H groups in total. The van der Waals surface area contributed by atoms with Crippen LogP contribution >= 0.6 is 0 Å². The van der Waals surface area contributed by atoms with Crippen molar-refractivity contribution in [1.82, 2.24) is 0 Å². The summed E-state index contributed by atoms with van der Waals surface area (Å²) in [5.74, 6) is 1.69. The van der Waals surface area contributed by atoms with Gasteiger partial charge < -0.3 is 18.9 Å². The summed E-state index contributed by atoms with van der Waals surface area (Å²) in [4.78, 5) is 12.4. The minimum Gasteiger partial charge on any atom is -0.497 e. The predicted molar refractivity (Wildman–Crippen MR) is 99.8 cm³/mol. The fraction of sp³-hybridized carbons (Fsp3) is 0.286. The minimum absolute atomic E-state index is 0.308. The number of methoxy groups -OCH3 is 3. The molecule has 0 saturated carbocycles. The van der Waals surface area contributed by atoms with Gasteiger partial charge in [-0.15, -0.1) is 0 Å². The maximum atomic E-state index is 12.4. The summed E-state index contributed by atoms with van der Waals surface area (Å²) < 4.78 is 21.5. The zero-order valence-corrected chi connectivity index (χ0v) is 15.4. The summed E-state index contributed by atoms with van der Waals surface area (Å²) >= 11 is 0. The van der Waals surface area contributed by atoms with Gasteiger partial charge in [0.05, 0.1) is 27.9 Å². The predicted octanol–water partition coefficient (Wildman–Crippen LogP) is 3.88. The number of fused-ring (bicyclic) bond motifs is 3. The summed E-state index contributed by atoms with van der Waals surface area (Å²) in [6.45, 7) is 2.14. The van der Waals surface area contributed by atoms with Gasteiger partial charge in [-0.3, -0.25) is 0 Å². The number of hydrogen-bond acceptors (Lipinski definition) is 5. The summed E-state index contributed by atoms with van der Waals surface area (Å²) in [5.41, 5.74) is 4.45. The molecule has 0 aromatic heterocycles. The summed E-state index contributed by atoms with van der Waals surface area (Å²) in [6.07, 6.45) is 2.35. The summed E-state index contributed by atoms with van der Waals surface area (Å²) in [6, 6.07) is 9.65. The average molecular weight is 354 g/mol. The molecule has 0 saturated heterocycles. The van der Waals surface area contributed by atoms with E-state index in [1.807, 2.05) is 36.4 Å². The maximum absolute atomic E-state index is 12.4. The SMILES string of the molecule is CCOC(=O)C1=Cc2cc(OC)c(OC)cc2-c2cc(OC)ccc2C1. The Morgan fingerprint density at radius 2 is 1.69 bits per heavy atom. The van der Waals surface area contributed by atoms with Crippen LogP contribution in [0, 0.1) is 0 Å². The molecule has 0 radical (unpaired) electrons. The van der Waals surface area contributed by atoms with Crippen LogP contribution in [0.15, 0.2) is 35.9 Å². The third-order valence-electron chi connectivity index (χ3n) is 4.41. The van der Waals surface area contributed by atoms with Crippen LogP contribution in [-0.2, 0) is 16.0 Å². The highest BCUT2D eigenvalue weighted by Crippen LogP contribution is 2.41. The number of hydrogen-bond donors (Lipinski definition) is 0. The Kier molecular flexibility index (Phi) is 5.16. The lowest BCUT2D eigenvalue weighted by Crippen LogP contribution is -2.09. The molecular weight excluding hydrogens is 332 g/mol. The van der Waals surface area contributed by atoms with Crippen molar-refractivity contribution < 1.29 is 23.7 Å². The Morgan fingerprint density at radius 3 is 2.35 bits per heavy atom. The molecule has 2 aromatic carbocycles. The van der Waals surface area contributed by atoms with Crippen LogP contribution in [0.4, 0.5) is 0 Å². The molecule has 0 heterocycles. The molecule has 5 heteroatoms. The molecule has 3 rings (SSSR count). The van der Waals surface area contributed by atoms with Crippen LogP contribution in [0.5, 0.6) is 17.2 Å². The third-order valence-corrected chi connectivity index (χ3v) is 4.41. The fourth-order valence-corrected chi connectivity index (χ4v) is 3.13. The van der Waals surface area contributed by atoms with Crippen molar-refractivity contribution in [1.29, 1.82) is 0 Å². The molecular formula is C21H22O5. The Labute approximate surface area is 153 Å². The van der Waals surface area contributed by atoms with Crippen molar-refractivity contribution in [2.75, 3.05) is 27.9 Å². The van der Waals surface area contributed by atoms with Crippen LogP contribution in [-0.4, -0.2) is 33.9 Å². The first-order valence-corrected chi connectivity index (χ1v) is 8.42. The third kappa shape index (κ3) is 3.25. The van der Waals surface area contributed by atoms with E-state index in [4.69, 9.17) is 18.9 Å². The number of benzene rings is 2. The van der Waals surface area contributed by atoms with Gasteiger partial charge in [0.1, 0.15) is 5.75 Å². The second-order valence-corrected chi connectivity index (χ2v) is 5.88. The normalized spacial score (nSPS) is 12.2. The van der Waals surface area contributed by atoms with Crippen molar-refractivity contribution in [2.24, 2.45) is 0 Å². The number of carbonyl (C=O) groups is 1. The molecule has 0 amide bonds. The zero-order valence-electron chi connectivity index (χ0n) is 15.4. The van der Waals surface area contributed by atoms with E-state index in [-0.39, 0.29) is 5.97 Å². The van der Waals surface area contributed by atoms with Crippen LogP contribution < -0.4 is 14.2 Å². The lowest BCUT2D eigenvalue weighted by Gasteiger charge is -2.15. The second kappa shape index (κ2) is 7.52. The van der Waals surface area contributed by atoms with Gasteiger partial charge in [0.2, 0.25) is 0 Å². The summed E-state index contributed by atoms with van der Waals surface area (Å²) in [7, 11) is 4.83. The van der Waals surface area contributed by atoms with Gasteiger partial charge in [0.15, 0.2) is 11.5 Å². The van der Waals surface area contributed by atoms with Gasteiger partial charge in [-0.05, 0) is 59.5 Å². The van der Waals surface area contributed by atoms with Gasteiger partial charge in [0, 0.05) is 12.0 Å². The highest BCUT2D eigenvalue weighted by Gasteiger charge is 2.22. The van der Waals surface area contributed by atoms with Crippen molar-refractivity contribution in [2.45, 2.75) is 13.3 Å². The van der Waals surface area contributed by atoms with Crippen LogP contribution in [0.1, 0.15) is 18.1 Å². The summed E-state index contributed by atoms with van der Waals surface area (Å²) in [5, 5.41) is 0. The smallest absolute Gasteiger partial charge is 0.334 e. The van der Waals surface area contributed by atoms with E-state index >= 15 is 0 Å². The highest BCUT2D eigenvalue weighted by molar-refractivity contribution is 5.98. The number of ether oxygens (including phenoxy) is 4. The molecule has 136 valence electrons. The van der Waals surface area contributed by atoms with Gasteiger partial charge in [-0.1, -0.05) is 6.07 Å². The first-order valence-electron chi connectivity index (χ1n) is 8.42. The number of carbonyl (C=O) groups excluding carboxylic acids is 1. The molecule has 0 atom stereocenters. The minimum atomic E-state index is -0.308. The molecule has 1 aliphatic rings. The number of rotatable bonds is 5. The first kappa shape index (κ1) is 17.9. The molecule has 0 aliphatic heterocycles. The van der Waals surface area contributed by atoms with Crippen LogP contribution in [0.2, 0.25) is 0 Å². The average Bonchev–Trinajstić information content (AvgIpc) is 2.82. The highest BCUT2D eigenvalue weighted by atomic mass is 16.5. The Hall–Kier alpha value is -2.95. The van der Waals surface area contributed by atoms with Crippen molar-refractivity contribution in [3.63, 3.8) is 0 Å². The van der Waals surface area contributed by atoms with E-state index in [0.717, 1.165) is 28.0 Å². The molecule has 0 unspecified atom stereocenters. The lowest BCUT2D eigenvalue weighted by molar-refractivity contribution is -0.138. The lowest BCUT2D eigenvalue weighted by atomic mass is 9.95. The van der Waals surface area contributed by atoms with Crippen molar-refractivity contribution in [3.05, 3.63) is 47.0 Å². The van der Waals surface area contributed by atoms with E-state index in [0.29, 0.717) is 30.1 Å². The monoisotopic (exact) mass is 354 g/mol. The van der Waals surface area contributed by atoms with E-state index in [1.165, 1.54) is 0 Å². The Balaban J connectivity index is 2.26. The van der Waals surface area contributed by atoms with E-state index in [1.54, 1.807) is 28.3 Å². The zero-order chi connectivity index (χ0) is 18.7. The standard InChI is InChI=1S/C21H22O5/c1-5-26-21(22)15-8-13-6-7-16(23-2)11-17(13)18-12-20(25-4)19(24-3)10-14(18)9-15/h6-7,9-12H,5,8H2,1-4H3. The van der Waals surface area contributed by atoms with E-state index < -0.39 is 0 Å². The molecule has 0 fully saturated rings. The van der Waals surface area contributed by atoms with Gasteiger partial charge >= 0.3 is 5.97 Å². The Morgan fingerprint density at radius 1 is 0.962 bits per heavy atom. The molecule has 1 aliphatic carbocycles. The first-order chi connectivity index (χ1) is 12.6. The largest absolute Gasteiger partial charge is 0.497 e. The second-order valence-electron chi connectivity index (χ2n) is 5.88. The quantitative estimate of drug-likeness (QED) is 0.763. The van der Waals surface area contributed by atoms with Crippen LogP contribution in [0.25, 0.3) is 17.2 Å².